The zero-order chi connectivity index (χ0) is 20.1. The van der Waals surface area contributed by atoms with Crippen LogP contribution in [0.15, 0.2) is 89.9 Å². The largest absolute Gasteiger partial charge is 0.445 e. The molecule has 0 bridgehead atoms. The third-order valence-corrected chi connectivity index (χ3v) is 4.99. The zero-order valence-corrected chi connectivity index (χ0v) is 16.6. The van der Waals surface area contributed by atoms with Crippen LogP contribution in [0.25, 0.3) is 0 Å². The number of benzene rings is 3. The minimum absolute atomic E-state index is 0.194. The van der Waals surface area contributed by atoms with Gasteiger partial charge in [0, 0.05) is 16.8 Å². The Morgan fingerprint density at radius 1 is 0.966 bits per heavy atom. The highest BCUT2D eigenvalue weighted by molar-refractivity contribution is 7.81. The number of alkyl carbamates (subject to hydrolysis) is 1. The number of ether oxygens (including phenoxy) is 1. The number of amides is 1. The predicted molar refractivity (Wildman–Crippen MR) is 118 cm³/mol. The molecule has 29 heavy (non-hydrogen) atoms. The molecule has 2 unspecified atom stereocenters. The number of carbonyl (C=O) groups excluding carboxylic acids is 1. The van der Waals surface area contributed by atoms with Crippen LogP contribution in [0.3, 0.4) is 0 Å². The summed E-state index contributed by atoms with van der Waals surface area (Å²) in [5, 5.41) is 5.74. The van der Waals surface area contributed by atoms with Gasteiger partial charge in [0.15, 0.2) is 6.17 Å². The number of rotatable bonds is 4. The fraction of sp³-hybridized carbons (Fsp3) is 0.130. The second-order valence-electron chi connectivity index (χ2n) is 6.63. The second kappa shape index (κ2) is 8.84. The highest BCUT2D eigenvalue weighted by Crippen LogP contribution is 2.26. The molecule has 0 radical (unpaired) electrons. The normalized spacial score (nSPS) is 17.9. The van der Waals surface area contributed by atoms with E-state index >= 15 is 0 Å². The molecular formula is C23H21N3O2S. The monoisotopic (exact) mass is 403 g/mol. The molecule has 1 aliphatic rings. The van der Waals surface area contributed by atoms with Gasteiger partial charge in [-0.25, -0.2) is 4.79 Å². The van der Waals surface area contributed by atoms with E-state index in [0.29, 0.717) is 0 Å². The summed E-state index contributed by atoms with van der Waals surface area (Å²) >= 11 is 4.63. The van der Waals surface area contributed by atoms with Gasteiger partial charge in [-0.15, -0.1) is 0 Å². The Kier molecular flexibility index (Phi) is 5.81. The minimum atomic E-state index is -0.607. The Balaban J connectivity index is 1.57. The first-order valence-electron chi connectivity index (χ1n) is 9.35. The number of para-hydroxylation sites is 1. The van der Waals surface area contributed by atoms with Gasteiger partial charge >= 0.3 is 6.09 Å². The maximum absolute atomic E-state index is 12.4. The first-order valence-corrected chi connectivity index (χ1v) is 9.87. The highest BCUT2D eigenvalue weighted by atomic mass is 32.1. The van der Waals surface area contributed by atoms with Crippen LogP contribution in [-0.2, 0) is 11.3 Å². The fourth-order valence-corrected chi connectivity index (χ4v) is 3.44. The first kappa shape index (κ1) is 19.1. The van der Waals surface area contributed by atoms with Crippen LogP contribution in [0, 0.1) is 0 Å². The van der Waals surface area contributed by atoms with Gasteiger partial charge in [0.2, 0.25) is 0 Å². The van der Waals surface area contributed by atoms with Gasteiger partial charge in [0.1, 0.15) is 12.0 Å². The van der Waals surface area contributed by atoms with Crippen molar-refractivity contribution >= 4 is 30.1 Å². The summed E-state index contributed by atoms with van der Waals surface area (Å²) in [5.74, 6) is 0. The first-order chi connectivity index (χ1) is 14.2. The van der Waals surface area contributed by atoms with Gasteiger partial charge in [0.05, 0.1) is 5.71 Å². The van der Waals surface area contributed by atoms with Crippen LogP contribution in [0.4, 0.5) is 10.5 Å². The summed E-state index contributed by atoms with van der Waals surface area (Å²) in [6, 6.07) is 27.3. The quantitative estimate of drug-likeness (QED) is 0.564. The van der Waals surface area contributed by atoms with Crippen molar-refractivity contribution in [3.63, 3.8) is 0 Å². The van der Waals surface area contributed by atoms with Gasteiger partial charge in [-0.1, -0.05) is 78.9 Å². The van der Waals surface area contributed by atoms with E-state index in [4.69, 9.17) is 9.73 Å². The highest BCUT2D eigenvalue weighted by Gasteiger charge is 2.26. The lowest BCUT2D eigenvalue weighted by Gasteiger charge is -2.21. The zero-order valence-electron chi connectivity index (χ0n) is 15.7. The summed E-state index contributed by atoms with van der Waals surface area (Å²) in [6.07, 6.45) is -1.15. The molecule has 1 amide bonds. The standard InChI is InChI=1S/C23H21N3O2S/c27-23(28-15-16-9-3-1-4-10-16)26-21-22(29)24-19-14-8-7-13-18(19)20(25-21)17-11-5-2-6-12-17/h1-14,21-22,24,29H,15H2,(H,26,27). The Bertz CT molecular complexity index is 1010. The Morgan fingerprint density at radius 2 is 1.62 bits per heavy atom. The van der Waals surface area contributed by atoms with Crippen LogP contribution >= 0.6 is 12.6 Å². The van der Waals surface area contributed by atoms with Gasteiger partial charge in [0.25, 0.3) is 0 Å². The molecule has 3 aromatic rings. The van der Waals surface area contributed by atoms with Crippen molar-refractivity contribution in [3.8, 4) is 0 Å². The third kappa shape index (κ3) is 4.60. The Labute approximate surface area is 175 Å². The number of nitrogens with zero attached hydrogens (tertiary/aromatic N) is 1. The van der Waals surface area contributed by atoms with E-state index in [1.165, 1.54) is 0 Å². The number of hydrogen-bond donors (Lipinski definition) is 3. The molecule has 2 atom stereocenters. The second-order valence-corrected chi connectivity index (χ2v) is 7.19. The molecule has 1 heterocycles. The lowest BCUT2D eigenvalue weighted by molar-refractivity contribution is 0.136. The summed E-state index contributed by atoms with van der Waals surface area (Å²) in [7, 11) is 0. The molecule has 1 aliphatic heterocycles. The van der Waals surface area contributed by atoms with E-state index in [1.807, 2.05) is 84.9 Å². The molecule has 5 nitrogen and oxygen atoms in total. The SMILES string of the molecule is O=C(NC1N=C(c2ccccc2)c2ccccc2NC1S)OCc1ccccc1. The van der Waals surface area contributed by atoms with Crippen molar-refractivity contribution in [2.75, 3.05) is 5.32 Å². The fourth-order valence-electron chi connectivity index (χ4n) is 3.16. The lowest BCUT2D eigenvalue weighted by Crippen LogP contribution is -2.43. The molecule has 0 saturated heterocycles. The van der Waals surface area contributed by atoms with Gasteiger partial charge in [-0.2, -0.15) is 12.6 Å². The van der Waals surface area contributed by atoms with Crippen LogP contribution in [0.2, 0.25) is 0 Å². The van der Waals surface area contributed by atoms with E-state index in [2.05, 4.69) is 23.3 Å². The maximum Gasteiger partial charge on any atom is 0.409 e. The minimum Gasteiger partial charge on any atom is -0.445 e. The number of anilines is 1. The average molecular weight is 404 g/mol. The molecule has 3 aromatic carbocycles. The van der Waals surface area contributed by atoms with Crippen molar-refractivity contribution in [2.24, 2.45) is 4.99 Å². The third-order valence-electron chi connectivity index (χ3n) is 4.58. The predicted octanol–water partition coefficient (Wildman–Crippen LogP) is 4.46. The number of carbonyl (C=O) groups is 1. The van der Waals surface area contributed by atoms with Crippen molar-refractivity contribution < 1.29 is 9.53 Å². The van der Waals surface area contributed by atoms with Crippen molar-refractivity contribution in [3.05, 3.63) is 102 Å². The Morgan fingerprint density at radius 3 is 2.38 bits per heavy atom. The summed E-state index contributed by atoms with van der Waals surface area (Å²) in [4.78, 5) is 17.2. The lowest BCUT2D eigenvalue weighted by atomic mass is 10.0. The van der Waals surface area contributed by atoms with Crippen molar-refractivity contribution in [2.45, 2.75) is 18.1 Å². The summed E-state index contributed by atoms with van der Waals surface area (Å²) in [5.41, 5.74) is 4.55. The van der Waals surface area contributed by atoms with Gasteiger partial charge < -0.3 is 10.1 Å². The summed E-state index contributed by atoms with van der Waals surface area (Å²) in [6.45, 7) is 0.194. The van der Waals surface area contributed by atoms with E-state index in [9.17, 15) is 4.79 Å². The van der Waals surface area contributed by atoms with Crippen molar-refractivity contribution in [1.82, 2.24) is 5.32 Å². The molecule has 4 rings (SSSR count). The van der Waals surface area contributed by atoms with Crippen LogP contribution in [0.1, 0.15) is 16.7 Å². The average Bonchev–Trinajstić information content (AvgIpc) is 2.90. The maximum atomic E-state index is 12.4. The Hall–Kier alpha value is -3.25. The van der Waals surface area contributed by atoms with E-state index in [0.717, 1.165) is 28.1 Å². The molecule has 0 aromatic heterocycles. The van der Waals surface area contributed by atoms with E-state index in [-0.39, 0.29) is 6.61 Å². The number of nitrogens with one attached hydrogen (secondary N) is 2. The van der Waals surface area contributed by atoms with E-state index < -0.39 is 17.6 Å². The topological polar surface area (TPSA) is 62.7 Å². The van der Waals surface area contributed by atoms with Crippen molar-refractivity contribution in [1.29, 1.82) is 0 Å². The van der Waals surface area contributed by atoms with Crippen LogP contribution in [0.5, 0.6) is 0 Å². The number of aliphatic imine (C=N–C) groups is 1. The molecule has 0 saturated carbocycles. The molecule has 2 N–H and O–H groups in total. The van der Waals surface area contributed by atoms with Gasteiger partial charge in [-0.3, -0.25) is 10.3 Å². The molecular weight excluding hydrogens is 382 g/mol. The van der Waals surface area contributed by atoms with E-state index in [1.54, 1.807) is 0 Å². The van der Waals surface area contributed by atoms with Crippen LogP contribution < -0.4 is 10.6 Å². The molecule has 0 spiro atoms. The van der Waals surface area contributed by atoms with Gasteiger partial charge in [-0.05, 0) is 11.6 Å². The molecule has 146 valence electrons. The number of hydrogen-bond acceptors (Lipinski definition) is 5. The molecule has 0 aliphatic carbocycles. The smallest absolute Gasteiger partial charge is 0.409 e. The number of thiol groups is 1. The molecule has 6 heteroatoms. The summed E-state index contributed by atoms with van der Waals surface area (Å²) < 4.78 is 5.36. The molecule has 0 fully saturated rings. The number of fused-ring (bicyclic) bond motifs is 1. The number of benzodiazepines with no additional fused rings is 1. The van der Waals surface area contributed by atoms with Crippen LogP contribution in [-0.4, -0.2) is 23.3 Å².